The maximum absolute atomic E-state index is 10.2. The first-order valence-electron chi connectivity index (χ1n) is 9.13. The van der Waals surface area contributed by atoms with Gasteiger partial charge in [0.05, 0.1) is 6.10 Å². The molecule has 0 aromatic heterocycles. The summed E-state index contributed by atoms with van der Waals surface area (Å²) >= 11 is 0. The Bertz CT molecular complexity index is 391. The third kappa shape index (κ3) is 24.4. The van der Waals surface area contributed by atoms with Crippen molar-refractivity contribution in [3.63, 3.8) is 0 Å². The zero-order chi connectivity index (χ0) is 20.4. The van der Waals surface area contributed by atoms with Crippen LogP contribution >= 0.6 is 0 Å². The van der Waals surface area contributed by atoms with Gasteiger partial charge in [0.25, 0.3) is 0 Å². The summed E-state index contributed by atoms with van der Waals surface area (Å²) in [6.07, 6.45) is 8.30. The first-order valence-corrected chi connectivity index (χ1v) is 9.13. The van der Waals surface area contributed by atoms with Gasteiger partial charge in [-0.25, -0.2) is 0 Å². The molecule has 2 atom stereocenters. The van der Waals surface area contributed by atoms with Crippen molar-refractivity contribution in [1.29, 1.82) is 5.41 Å². The second kappa shape index (κ2) is 17.9. The molecule has 9 heteroatoms. The van der Waals surface area contributed by atoms with Crippen LogP contribution in [0, 0.1) is 5.41 Å². The van der Waals surface area contributed by atoms with Gasteiger partial charge in [0.15, 0.2) is 5.96 Å². The number of nitrogens with two attached hydrogens (primary N) is 2. The normalized spacial score (nSPS) is 12.4. The molecule has 0 saturated heterocycles. The SMILES string of the molecule is CC(O)CCCCCCCCC(=O)O.N=C(N)NCCC[C@H](N)C(=O)O. The zero-order valence-corrected chi connectivity index (χ0v) is 15.7. The van der Waals surface area contributed by atoms with Crippen LogP contribution in [0.4, 0.5) is 0 Å². The molecular weight excluding hydrogens is 340 g/mol. The van der Waals surface area contributed by atoms with E-state index in [2.05, 4.69) is 5.32 Å². The van der Waals surface area contributed by atoms with E-state index in [-0.39, 0.29) is 12.1 Å². The van der Waals surface area contributed by atoms with Crippen molar-refractivity contribution < 1.29 is 24.9 Å². The molecule has 26 heavy (non-hydrogen) atoms. The van der Waals surface area contributed by atoms with Crippen molar-refractivity contribution in [3.05, 3.63) is 0 Å². The Morgan fingerprint density at radius 2 is 1.54 bits per heavy atom. The average Bonchev–Trinajstić information content (AvgIpc) is 2.53. The topological polar surface area (TPSA) is 183 Å². The first kappa shape index (κ1) is 26.4. The average molecular weight is 376 g/mol. The van der Waals surface area contributed by atoms with Crippen molar-refractivity contribution in [2.24, 2.45) is 11.5 Å². The summed E-state index contributed by atoms with van der Waals surface area (Å²) < 4.78 is 0. The number of hydrogen-bond acceptors (Lipinski definition) is 5. The molecule has 0 fully saturated rings. The van der Waals surface area contributed by atoms with Gasteiger partial charge < -0.3 is 32.1 Å². The van der Waals surface area contributed by atoms with Crippen LogP contribution in [0.3, 0.4) is 0 Å². The van der Waals surface area contributed by atoms with Gasteiger partial charge in [-0.1, -0.05) is 32.1 Å². The third-order valence-electron chi connectivity index (χ3n) is 3.59. The van der Waals surface area contributed by atoms with E-state index in [1.54, 1.807) is 0 Å². The molecule has 0 aliphatic carbocycles. The summed E-state index contributed by atoms with van der Waals surface area (Å²) in [5.41, 5.74) is 10.2. The number of unbranched alkanes of at least 4 members (excludes halogenated alkanes) is 5. The molecule has 0 rings (SSSR count). The molecule has 0 heterocycles. The van der Waals surface area contributed by atoms with Crippen LogP contribution in [0.5, 0.6) is 0 Å². The van der Waals surface area contributed by atoms with Crippen molar-refractivity contribution in [2.45, 2.75) is 83.3 Å². The molecule has 0 spiro atoms. The predicted molar refractivity (Wildman–Crippen MR) is 101 cm³/mol. The number of aliphatic hydroxyl groups is 1. The highest BCUT2D eigenvalue weighted by Gasteiger charge is 2.09. The lowest BCUT2D eigenvalue weighted by atomic mass is 10.1. The fourth-order valence-corrected chi connectivity index (χ4v) is 2.09. The predicted octanol–water partition coefficient (Wildman–Crippen LogP) is 1.23. The summed E-state index contributed by atoms with van der Waals surface area (Å²) in [6, 6.07) is -0.821. The highest BCUT2D eigenvalue weighted by Crippen LogP contribution is 2.09. The molecule has 0 amide bonds. The lowest BCUT2D eigenvalue weighted by Crippen LogP contribution is -2.34. The number of guanidine groups is 1. The Labute approximate surface area is 155 Å². The minimum Gasteiger partial charge on any atom is -0.481 e. The summed E-state index contributed by atoms with van der Waals surface area (Å²) in [5.74, 6) is -1.81. The van der Waals surface area contributed by atoms with Gasteiger partial charge in [0.2, 0.25) is 0 Å². The van der Waals surface area contributed by atoms with Gasteiger partial charge in [-0.2, -0.15) is 0 Å². The second-order valence-electron chi connectivity index (χ2n) is 6.33. The van der Waals surface area contributed by atoms with Crippen LogP contribution in [0.1, 0.15) is 71.1 Å². The number of rotatable bonds is 14. The smallest absolute Gasteiger partial charge is 0.320 e. The van der Waals surface area contributed by atoms with E-state index in [0.29, 0.717) is 25.8 Å². The Morgan fingerprint density at radius 1 is 1.00 bits per heavy atom. The molecule has 0 aromatic carbocycles. The number of hydrogen-bond donors (Lipinski definition) is 7. The summed E-state index contributed by atoms with van der Waals surface area (Å²) in [5, 5.41) is 35.1. The number of carboxylic acid groups (broad SMARTS) is 2. The fourth-order valence-electron chi connectivity index (χ4n) is 2.09. The largest absolute Gasteiger partial charge is 0.481 e. The minimum atomic E-state index is -1.00. The van der Waals surface area contributed by atoms with Crippen LogP contribution < -0.4 is 16.8 Å². The molecule has 0 saturated carbocycles. The number of aliphatic carboxylic acids is 2. The van der Waals surface area contributed by atoms with E-state index < -0.39 is 18.0 Å². The Balaban J connectivity index is 0. The van der Waals surface area contributed by atoms with Gasteiger partial charge in [-0.05, 0) is 32.6 Å². The Morgan fingerprint density at radius 3 is 2.00 bits per heavy atom. The summed E-state index contributed by atoms with van der Waals surface area (Å²) in [4.78, 5) is 20.4. The molecule has 0 bridgehead atoms. The van der Waals surface area contributed by atoms with E-state index >= 15 is 0 Å². The number of aliphatic hydroxyl groups excluding tert-OH is 1. The van der Waals surface area contributed by atoms with Crippen LogP contribution in [-0.2, 0) is 9.59 Å². The molecule has 9 N–H and O–H groups in total. The van der Waals surface area contributed by atoms with E-state index in [1.165, 1.54) is 0 Å². The van der Waals surface area contributed by atoms with Crippen molar-refractivity contribution in [1.82, 2.24) is 5.32 Å². The van der Waals surface area contributed by atoms with E-state index in [4.69, 9.17) is 32.2 Å². The lowest BCUT2D eigenvalue weighted by molar-refractivity contribution is -0.139. The standard InChI is InChI=1S/C11H22O3.C6H14N4O2/c1-10(12)8-6-4-2-3-5-7-9-11(13)14;7-4(5(11)12)2-1-3-10-6(8)9/h10,12H,2-9H2,1H3,(H,13,14);4H,1-3,7H2,(H,11,12)(H4,8,9,10)/t;4-/m.0/s1. The molecule has 0 radical (unpaired) electrons. The first-order chi connectivity index (χ1) is 12.2. The molecular formula is C17H36N4O5. The van der Waals surface area contributed by atoms with Gasteiger partial charge in [0.1, 0.15) is 6.04 Å². The zero-order valence-electron chi connectivity index (χ0n) is 15.7. The van der Waals surface area contributed by atoms with Crippen molar-refractivity contribution in [3.8, 4) is 0 Å². The molecule has 0 aromatic rings. The molecule has 154 valence electrons. The molecule has 0 aliphatic heterocycles. The quantitative estimate of drug-likeness (QED) is 0.134. The monoisotopic (exact) mass is 376 g/mol. The van der Waals surface area contributed by atoms with Crippen LogP contribution in [-0.4, -0.2) is 51.9 Å². The van der Waals surface area contributed by atoms with Gasteiger partial charge in [-0.15, -0.1) is 0 Å². The molecule has 1 unspecified atom stereocenters. The Hall–Kier alpha value is -1.87. The highest BCUT2D eigenvalue weighted by molar-refractivity contribution is 5.74. The summed E-state index contributed by atoms with van der Waals surface area (Å²) in [7, 11) is 0. The fraction of sp³-hybridized carbons (Fsp3) is 0.824. The summed E-state index contributed by atoms with van der Waals surface area (Å²) in [6.45, 7) is 2.29. The van der Waals surface area contributed by atoms with Crippen LogP contribution in [0.2, 0.25) is 0 Å². The van der Waals surface area contributed by atoms with E-state index in [1.807, 2.05) is 6.92 Å². The molecule has 0 aliphatic rings. The molecule has 9 nitrogen and oxygen atoms in total. The van der Waals surface area contributed by atoms with Gasteiger partial charge in [0, 0.05) is 13.0 Å². The third-order valence-corrected chi connectivity index (χ3v) is 3.59. The minimum absolute atomic E-state index is 0.112. The lowest BCUT2D eigenvalue weighted by Gasteiger charge is -2.06. The van der Waals surface area contributed by atoms with Crippen LogP contribution in [0.25, 0.3) is 0 Å². The van der Waals surface area contributed by atoms with E-state index in [0.717, 1.165) is 44.9 Å². The van der Waals surface area contributed by atoms with Gasteiger partial charge >= 0.3 is 11.9 Å². The van der Waals surface area contributed by atoms with Gasteiger partial charge in [-0.3, -0.25) is 15.0 Å². The van der Waals surface area contributed by atoms with Crippen LogP contribution in [0.15, 0.2) is 0 Å². The number of carbonyl (C=O) groups is 2. The number of carboxylic acids is 2. The van der Waals surface area contributed by atoms with Crippen molar-refractivity contribution in [2.75, 3.05) is 6.54 Å². The highest BCUT2D eigenvalue weighted by atomic mass is 16.4. The maximum atomic E-state index is 10.2. The maximum Gasteiger partial charge on any atom is 0.320 e. The van der Waals surface area contributed by atoms with E-state index in [9.17, 15) is 9.59 Å². The second-order valence-corrected chi connectivity index (χ2v) is 6.33. The number of nitrogens with one attached hydrogen (secondary N) is 2. The van der Waals surface area contributed by atoms with Crippen molar-refractivity contribution >= 4 is 17.9 Å². The Kier molecular flexibility index (Phi) is 18.2.